The Morgan fingerprint density at radius 3 is 2.25 bits per heavy atom. The molecular weight excluding hydrogens is 654 g/mol. The predicted octanol–water partition coefficient (Wildman–Crippen LogP) is 10.7. The molecule has 0 bridgehead atoms. The number of aryl methyl sites for hydroxylation is 2. The lowest BCUT2D eigenvalue weighted by atomic mass is 9.83. The summed E-state index contributed by atoms with van der Waals surface area (Å²) in [6, 6.07) is 4.98. The summed E-state index contributed by atoms with van der Waals surface area (Å²) in [5, 5.41) is 1.53. The maximum absolute atomic E-state index is 14.6. The number of aliphatic imine (C=N–C) groups is 2. The zero-order valence-corrected chi connectivity index (χ0v) is 33.3. The summed E-state index contributed by atoms with van der Waals surface area (Å²) in [6.45, 7) is 24.0. The van der Waals surface area contributed by atoms with Crippen molar-refractivity contribution < 1.29 is 21.6 Å². The van der Waals surface area contributed by atoms with Gasteiger partial charge in [0.2, 0.25) is 5.78 Å². The van der Waals surface area contributed by atoms with Crippen molar-refractivity contribution in [1.82, 2.24) is 16.6 Å². The van der Waals surface area contributed by atoms with E-state index in [9.17, 15) is 18.8 Å². The number of hydrogen-bond donors (Lipinski definition) is 2. The second kappa shape index (κ2) is 25.4. The quantitative estimate of drug-likeness (QED) is 0.221. The average molecular weight is 720 g/mol. The predicted molar refractivity (Wildman–Crippen MR) is 221 cm³/mol. The van der Waals surface area contributed by atoms with Gasteiger partial charge in [0.05, 0.1) is 0 Å². The Kier molecular flexibility index (Phi) is 23.1. The van der Waals surface area contributed by atoms with Crippen LogP contribution in [0.25, 0.3) is 0 Å². The number of Topliss-reactive ketones (excluding diaryl/α,β-unsaturated/α-hetero) is 3. The Bertz CT molecular complexity index is 1670. The van der Waals surface area contributed by atoms with Crippen molar-refractivity contribution in [2.45, 2.75) is 114 Å². The minimum atomic E-state index is -0.280. The van der Waals surface area contributed by atoms with E-state index < -0.39 is 0 Å². The molecule has 0 amide bonds. The fourth-order valence-electron chi connectivity index (χ4n) is 5.44. The largest absolute Gasteiger partial charge is 0.344 e. The van der Waals surface area contributed by atoms with Crippen LogP contribution in [-0.2, 0) is 27.2 Å². The summed E-state index contributed by atoms with van der Waals surface area (Å²) in [7, 11) is 0. The van der Waals surface area contributed by atoms with Crippen LogP contribution in [0.4, 0.5) is 4.39 Å². The third-order valence-corrected chi connectivity index (χ3v) is 7.91. The van der Waals surface area contributed by atoms with Gasteiger partial charge in [-0.25, -0.2) is 24.8 Å². The van der Waals surface area contributed by atoms with E-state index in [1.807, 2.05) is 92.7 Å². The molecule has 52 heavy (non-hydrogen) atoms. The number of hydrazine groups is 1. The van der Waals surface area contributed by atoms with Crippen LogP contribution in [-0.4, -0.2) is 40.6 Å². The first-order valence-electron chi connectivity index (χ1n) is 18.6. The molecule has 4 aliphatic rings. The van der Waals surface area contributed by atoms with Gasteiger partial charge in [-0.1, -0.05) is 116 Å². The van der Waals surface area contributed by atoms with Crippen molar-refractivity contribution in [1.29, 1.82) is 0 Å². The van der Waals surface area contributed by atoms with Crippen molar-refractivity contribution in [2.24, 2.45) is 9.98 Å². The lowest BCUT2D eigenvalue weighted by Gasteiger charge is -2.24. The molecule has 2 heterocycles. The van der Waals surface area contributed by atoms with Gasteiger partial charge in [0, 0.05) is 27.8 Å². The van der Waals surface area contributed by atoms with Crippen LogP contribution in [0.1, 0.15) is 115 Å². The van der Waals surface area contributed by atoms with E-state index in [0.29, 0.717) is 49.2 Å². The standard InChI is InChI=1S/C35H35FN4O3.4C2H6.H3N.2H2/c1-4-29-22(2)20-27(29)13-14-28-21-25(9-15-30(28)36)11-16-31(42)34-38-33-18-19-37-40(33)35(39-34)32(43)17-10-24-6-5-7-26(12-8-24)23(3)41;4*1-2;;;/h4-5,7-9,12,15,18,20-21,37H,2,6,10-11,13-14,16-17,19H2,1,3H3;4*1-2H3;1H3;2*1H/b29-4-;;;;;;;. The number of carbonyl (C=O) groups excluding carboxylic acids is 3. The van der Waals surface area contributed by atoms with Crippen molar-refractivity contribution in [3.05, 3.63) is 118 Å². The minimum Gasteiger partial charge on any atom is -0.344 e. The van der Waals surface area contributed by atoms with E-state index in [-0.39, 0.29) is 56.7 Å². The first-order chi connectivity index (χ1) is 24.7. The topological polar surface area (TPSA) is 126 Å². The number of nitrogens with zero attached hydrogens (tertiary/aromatic N) is 3. The van der Waals surface area contributed by atoms with Gasteiger partial charge < -0.3 is 6.15 Å². The summed E-state index contributed by atoms with van der Waals surface area (Å²) in [5.41, 5.74) is 9.53. The Labute approximate surface area is 315 Å². The summed E-state index contributed by atoms with van der Waals surface area (Å²) in [5.74, 6) is -0.133. The van der Waals surface area contributed by atoms with E-state index in [1.54, 1.807) is 24.3 Å². The number of allylic oxidation sites excluding steroid dienone is 11. The lowest BCUT2D eigenvalue weighted by molar-refractivity contribution is -0.114. The van der Waals surface area contributed by atoms with Crippen molar-refractivity contribution in [3.63, 3.8) is 0 Å². The lowest BCUT2D eigenvalue weighted by Crippen LogP contribution is -2.44. The first kappa shape index (κ1) is 47.4. The van der Waals surface area contributed by atoms with Crippen LogP contribution in [0.5, 0.6) is 0 Å². The monoisotopic (exact) mass is 720 g/mol. The maximum atomic E-state index is 14.6. The first-order valence-corrected chi connectivity index (χ1v) is 18.6. The second-order valence-electron chi connectivity index (χ2n) is 10.9. The molecular formula is C43H66FN5O3. The number of carbonyl (C=O) groups is 3. The summed E-state index contributed by atoms with van der Waals surface area (Å²) < 4.78 is 14.6. The molecule has 0 atom stereocenters. The molecule has 0 spiro atoms. The molecule has 9 heteroatoms. The number of ketones is 3. The molecule has 2 aliphatic carbocycles. The smallest absolute Gasteiger partial charge is 0.200 e. The van der Waals surface area contributed by atoms with Crippen molar-refractivity contribution in [2.75, 3.05) is 6.54 Å². The molecule has 1 aromatic rings. The molecule has 5 rings (SSSR count). The van der Waals surface area contributed by atoms with Crippen LogP contribution in [0.2, 0.25) is 0 Å². The molecule has 2 aliphatic heterocycles. The van der Waals surface area contributed by atoms with E-state index in [4.69, 9.17) is 0 Å². The van der Waals surface area contributed by atoms with Gasteiger partial charge in [0.25, 0.3) is 0 Å². The van der Waals surface area contributed by atoms with Gasteiger partial charge in [0.15, 0.2) is 23.2 Å². The van der Waals surface area contributed by atoms with Gasteiger partial charge >= 0.3 is 0 Å². The molecule has 8 nitrogen and oxygen atoms in total. The molecule has 4 N–H and O–H groups in total. The van der Waals surface area contributed by atoms with Gasteiger partial charge in [-0.2, -0.15) is 0 Å². The number of hydrogen-bond acceptors (Lipinski definition) is 8. The zero-order valence-electron chi connectivity index (χ0n) is 33.3. The molecule has 0 saturated carbocycles. The molecule has 0 unspecified atom stereocenters. The fourth-order valence-corrected chi connectivity index (χ4v) is 5.44. The van der Waals surface area contributed by atoms with Crippen LogP contribution >= 0.6 is 0 Å². The minimum absolute atomic E-state index is 0. The Morgan fingerprint density at radius 2 is 1.62 bits per heavy atom. The number of rotatable bonds is 12. The number of amidine groups is 2. The zero-order chi connectivity index (χ0) is 38.5. The number of nitrogens with one attached hydrogen (secondary N) is 1. The van der Waals surface area contributed by atoms with Crippen LogP contribution in [0.15, 0.2) is 111 Å². The highest BCUT2D eigenvalue weighted by Gasteiger charge is 2.31. The highest BCUT2D eigenvalue weighted by Crippen LogP contribution is 2.34. The van der Waals surface area contributed by atoms with Gasteiger partial charge in [0.1, 0.15) is 11.6 Å². The number of halogens is 1. The van der Waals surface area contributed by atoms with Gasteiger partial charge in [-0.3, -0.25) is 14.4 Å². The maximum Gasteiger partial charge on any atom is 0.200 e. The number of benzene rings is 1. The normalized spacial score (nSPS) is 15.8. The van der Waals surface area contributed by atoms with Crippen molar-refractivity contribution >= 4 is 29.0 Å². The summed E-state index contributed by atoms with van der Waals surface area (Å²) in [4.78, 5) is 47.0. The summed E-state index contributed by atoms with van der Waals surface area (Å²) >= 11 is 0. The van der Waals surface area contributed by atoms with E-state index in [1.165, 1.54) is 23.6 Å². The van der Waals surface area contributed by atoms with E-state index in [0.717, 1.165) is 28.7 Å². The Hall–Kier alpha value is -4.60. The van der Waals surface area contributed by atoms with Gasteiger partial charge in [-0.15, -0.1) is 0 Å². The van der Waals surface area contributed by atoms with Crippen LogP contribution < -0.4 is 11.6 Å². The SMILES string of the molecule is C=C1C=C(CCc2cc(CCC(=O)C3=NC4=CCNN4C(C(=O)CCC4=CC=C(C(C)=O)C=CC4)=N3)ccc2F)/C1=C\C.CC.CC.CC.CC.N.[HH].[HH]. The summed E-state index contributed by atoms with van der Waals surface area (Å²) in [6.07, 6.45) is 16.5. The highest BCUT2D eigenvalue weighted by molar-refractivity contribution is 6.48. The average Bonchev–Trinajstić information content (AvgIpc) is 3.51. The Morgan fingerprint density at radius 1 is 0.942 bits per heavy atom. The molecule has 0 radical (unpaired) electrons. The van der Waals surface area contributed by atoms with Crippen LogP contribution in [0, 0.1) is 5.82 Å². The fraction of sp³-hybridized carbons (Fsp3) is 0.419. The number of fused-ring (bicyclic) bond motifs is 1. The molecule has 0 saturated heterocycles. The third-order valence-electron chi connectivity index (χ3n) is 7.91. The highest BCUT2D eigenvalue weighted by atomic mass is 19.1. The van der Waals surface area contributed by atoms with E-state index >= 15 is 0 Å². The molecule has 1 aromatic carbocycles. The molecule has 0 aromatic heterocycles. The Balaban J connectivity index is -0.00000222. The van der Waals surface area contributed by atoms with Crippen molar-refractivity contribution in [3.8, 4) is 0 Å². The van der Waals surface area contributed by atoms with Crippen LogP contribution in [0.3, 0.4) is 0 Å². The second-order valence-corrected chi connectivity index (χ2v) is 10.9. The molecule has 0 fully saturated rings. The molecule has 288 valence electrons. The van der Waals surface area contributed by atoms with E-state index in [2.05, 4.69) is 22.0 Å². The van der Waals surface area contributed by atoms with Gasteiger partial charge in [-0.05, 0) is 85.9 Å². The third kappa shape index (κ3) is 13.2.